The number of benzene rings is 1. The Morgan fingerprint density at radius 1 is 1.26 bits per heavy atom. The zero-order valence-electron chi connectivity index (χ0n) is 11.5. The van der Waals surface area contributed by atoms with Gasteiger partial charge in [-0.3, -0.25) is 0 Å². The van der Waals surface area contributed by atoms with Crippen LogP contribution >= 0.6 is 0 Å². The highest BCUT2D eigenvalue weighted by molar-refractivity contribution is 7.89. The molecule has 2 unspecified atom stereocenters. The fourth-order valence-corrected chi connectivity index (χ4v) is 3.31. The molecule has 0 saturated heterocycles. The molecule has 0 spiro atoms. The first-order valence-electron chi connectivity index (χ1n) is 6.85. The Morgan fingerprint density at radius 2 is 1.89 bits per heavy atom. The van der Waals surface area contributed by atoms with E-state index in [1.54, 1.807) is 12.1 Å². The third-order valence-electron chi connectivity index (χ3n) is 3.41. The molecular weight excluding hydrogens is 260 g/mol. The van der Waals surface area contributed by atoms with Crippen molar-refractivity contribution in [1.29, 1.82) is 0 Å². The van der Waals surface area contributed by atoms with Crippen LogP contribution in [0, 0.1) is 5.92 Å². The minimum atomic E-state index is -3.34. The van der Waals surface area contributed by atoms with Gasteiger partial charge in [0, 0.05) is 12.6 Å². The van der Waals surface area contributed by atoms with Crippen molar-refractivity contribution >= 4 is 10.0 Å². The van der Waals surface area contributed by atoms with E-state index in [4.69, 9.17) is 0 Å². The van der Waals surface area contributed by atoms with Crippen LogP contribution in [0.15, 0.2) is 29.2 Å². The standard InChI is InChI=1S/C14H22N2O2S/c1-3-8-15-10-12-4-6-13(7-5-12)19(17,18)16-14-9-11(14)2/h4-7,11,14-16H,3,8-10H2,1-2H3. The topological polar surface area (TPSA) is 58.2 Å². The van der Waals surface area contributed by atoms with E-state index in [0.29, 0.717) is 10.8 Å². The Morgan fingerprint density at radius 3 is 2.42 bits per heavy atom. The number of nitrogens with one attached hydrogen (secondary N) is 2. The second kappa shape index (κ2) is 6.03. The maximum absolute atomic E-state index is 12.1. The number of sulfonamides is 1. The van der Waals surface area contributed by atoms with Crippen LogP contribution in [0.5, 0.6) is 0 Å². The highest BCUT2D eigenvalue weighted by atomic mass is 32.2. The normalized spacial score (nSPS) is 22.4. The van der Waals surface area contributed by atoms with Gasteiger partial charge in [-0.1, -0.05) is 26.0 Å². The van der Waals surface area contributed by atoms with Gasteiger partial charge in [-0.05, 0) is 43.0 Å². The summed E-state index contributed by atoms with van der Waals surface area (Å²) in [6.45, 7) is 5.92. The molecule has 19 heavy (non-hydrogen) atoms. The van der Waals surface area contributed by atoms with Gasteiger partial charge in [0.2, 0.25) is 10.0 Å². The Balaban J connectivity index is 1.97. The van der Waals surface area contributed by atoms with E-state index >= 15 is 0 Å². The highest BCUT2D eigenvalue weighted by Gasteiger charge is 2.36. The molecule has 0 amide bonds. The first-order chi connectivity index (χ1) is 9.03. The lowest BCUT2D eigenvalue weighted by Crippen LogP contribution is -2.26. The maximum Gasteiger partial charge on any atom is 0.240 e. The van der Waals surface area contributed by atoms with Gasteiger partial charge < -0.3 is 5.32 Å². The van der Waals surface area contributed by atoms with E-state index in [1.807, 2.05) is 12.1 Å². The molecule has 0 radical (unpaired) electrons. The quantitative estimate of drug-likeness (QED) is 0.751. The van der Waals surface area contributed by atoms with Crippen LogP contribution < -0.4 is 10.0 Å². The second-order valence-electron chi connectivity index (χ2n) is 5.26. The fraction of sp³-hybridized carbons (Fsp3) is 0.571. The monoisotopic (exact) mass is 282 g/mol. The van der Waals surface area contributed by atoms with Crippen LogP contribution in [0.2, 0.25) is 0 Å². The van der Waals surface area contributed by atoms with Gasteiger partial charge >= 0.3 is 0 Å². The summed E-state index contributed by atoms with van der Waals surface area (Å²) in [5.41, 5.74) is 1.10. The van der Waals surface area contributed by atoms with Crippen molar-refractivity contribution in [3.8, 4) is 0 Å². The third kappa shape index (κ3) is 4.03. The van der Waals surface area contributed by atoms with Crippen LogP contribution in [0.3, 0.4) is 0 Å². The molecule has 1 saturated carbocycles. The summed E-state index contributed by atoms with van der Waals surface area (Å²) in [5.74, 6) is 0.465. The molecular formula is C14H22N2O2S. The third-order valence-corrected chi connectivity index (χ3v) is 4.91. The Labute approximate surface area is 115 Å². The van der Waals surface area contributed by atoms with Gasteiger partial charge in [0.25, 0.3) is 0 Å². The lowest BCUT2D eigenvalue weighted by molar-refractivity contribution is 0.578. The van der Waals surface area contributed by atoms with Crippen LogP contribution in [0.1, 0.15) is 32.3 Å². The number of hydrogen-bond acceptors (Lipinski definition) is 3. The fourth-order valence-electron chi connectivity index (χ4n) is 1.95. The average molecular weight is 282 g/mol. The van der Waals surface area contributed by atoms with Crippen molar-refractivity contribution in [2.24, 2.45) is 5.92 Å². The molecule has 0 aromatic heterocycles. The van der Waals surface area contributed by atoms with Gasteiger partial charge in [0.15, 0.2) is 0 Å². The summed E-state index contributed by atoms with van der Waals surface area (Å²) in [6, 6.07) is 7.22. The smallest absolute Gasteiger partial charge is 0.240 e. The predicted molar refractivity (Wildman–Crippen MR) is 76.3 cm³/mol. The SMILES string of the molecule is CCCNCc1ccc(S(=O)(=O)NC2CC2C)cc1. The number of rotatable bonds is 7. The van der Waals surface area contributed by atoms with Gasteiger partial charge in [0.05, 0.1) is 4.90 Å². The molecule has 1 fully saturated rings. The van der Waals surface area contributed by atoms with Gasteiger partial charge in [-0.25, -0.2) is 13.1 Å². The van der Waals surface area contributed by atoms with E-state index in [2.05, 4.69) is 23.9 Å². The zero-order chi connectivity index (χ0) is 13.9. The Hall–Kier alpha value is -0.910. The van der Waals surface area contributed by atoms with Crippen molar-refractivity contribution in [1.82, 2.24) is 10.0 Å². The highest BCUT2D eigenvalue weighted by Crippen LogP contribution is 2.30. The first-order valence-corrected chi connectivity index (χ1v) is 8.33. The van der Waals surface area contributed by atoms with Crippen molar-refractivity contribution < 1.29 is 8.42 Å². The van der Waals surface area contributed by atoms with E-state index in [9.17, 15) is 8.42 Å². The lowest BCUT2D eigenvalue weighted by atomic mass is 10.2. The van der Waals surface area contributed by atoms with Crippen LogP contribution in [-0.4, -0.2) is 21.0 Å². The summed E-state index contributed by atoms with van der Waals surface area (Å²) in [7, 11) is -3.34. The van der Waals surface area contributed by atoms with E-state index in [1.165, 1.54) is 0 Å². The van der Waals surface area contributed by atoms with Crippen molar-refractivity contribution in [2.75, 3.05) is 6.54 Å². The second-order valence-corrected chi connectivity index (χ2v) is 6.98. The zero-order valence-corrected chi connectivity index (χ0v) is 12.3. The summed E-state index contributed by atoms with van der Waals surface area (Å²) < 4.78 is 26.9. The molecule has 106 valence electrons. The van der Waals surface area contributed by atoms with Gasteiger partial charge in [-0.15, -0.1) is 0 Å². The molecule has 2 N–H and O–H groups in total. The van der Waals surface area contributed by atoms with Crippen LogP contribution in [0.4, 0.5) is 0 Å². The predicted octanol–water partition coefficient (Wildman–Crippen LogP) is 1.87. The molecule has 0 bridgehead atoms. The van der Waals surface area contributed by atoms with Crippen LogP contribution in [0.25, 0.3) is 0 Å². The molecule has 1 aromatic rings. The molecule has 0 heterocycles. The summed E-state index contributed by atoms with van der Waals surface area (Å²) in [6.07, 6.45) is 2.04. The lowest BCUT2D eigenvalue weighted by Gasteiger charge is -2.07. The van der Waals surface area contributed by atoms with Crippen LogP contribution in [-0.2, 0) is 16.6 Å². The summed E-state index contributed by atoms with van der Waals surface area (Å²) >= 11 is 0. The Kier molecular flexibility index (Phi) is 4.60. The maximum atomic E-state index is 12.1. The number of hydrogen-bond donors (Lipinski definition) is 2. The summed E-state index contributed by atoms with van der Waals surface area (Å²) in [5, 5.41) is 3.29. The van der Waals surface area contributed by atoms with Crippen molar-refractivity contribution in [2.45, 2.75) is 44.2 Å². The Bertz CT molecular complexity index is 511. The van der Waals surface area contributed by atoms with E-state index in [-0.39, 0.29) is 6.04 Å². The van der Waals surface area contributed by atoms with Gasteiger partial charge in [0.1, 0.15) is 0 Å². The molecule has 1 aliphatic rings. The molecule has 1 aromatic carbocycles. The largest absolute Gasteiger partial charge is 0.313 e. The first kappa shape index (κ1) is 14.5. The molecule has 2 rings (SSSR count). The van der Waals surface area contributed by atoms with E-state index in [0.717, 1.165) is 31.5 Å². The molecule has 4 nitrogen and oxygen atoms in total. The van der Waals surface area contributed by atoms with Gasteiger partial charge in [-0.2, -0.15) is 0 Å². The molecule has 5 heteroatoms. The van der Waals surface area contributed by atoms with Crippen molar-refractivity contribution in [3.05, 3.63) is 29.8 Å². The average Bonchev–Trinajstić information content (AvgIpc) is 3.05. The van der Waals surface area contributed by atoms with E-state index < -0.39 is 10.0 Å². The molecule has 2 atom stereocenters. The molecule has 1 aliphatic carbocycles. The van der Waals surface area contributed by atoms with Crippen molar-refractivity contribution in [3.63, 3.8) is 0 Å². The minimum absolute atomic E-state index is 0.121. The minimum Gasteiger partial charge on any atom is -0.313 e. The molecule has 0 aliphatic heterocycles. The summed E-state index contributed by atoms with van der Waals surface area (Å²) in [4.78, 5) is 0.353.